The minimum atomic E-state index is -1.28. The summed E-state index contributed by atoms with van der Waals surface area (Å²) in [5.74, 6) is -5.49. The summed E-state index contributed by atoms with van der Waals surface area (Å²) in [6, 6.07) is -4.86. The van der Waals surface area contributed by atoms with E-state index in [0.717, 1.165) is 0 Å². The lowest BCUT2D eigenvalue weighted by molar-refractivity contribution is -0.143. The first-order valence-electron chi connectivity index (χ1n) is 11.2. The molecule has 0 saturated heterocycles. The van der Waals surface area contributed by atoms with Gasteiger partial charge in [-0.15, -0.1) is 0 Å². The summed E-state index contributed by atoms with van der Waals surface area (Å²) in [4.78, 5) is 72.0. The van der Waals surface area contributed by atoms with Gasteiger partial charge in [0.05, 0.1) is 12.5 Å². The van der Waals surface area contributed by atoms with Crippen molar-refractivity contribution in [3.05, 3.63) is 0 Å². The third-order valence-electron chi connectivity index (χ3n) is 5.19. The molecule has 194 valence electrons. The Kier molecular flexibility index (Phi) is 13.4. The lowest BCUT2D eigenvalue weighted by atomic mass is 9.96. The molecule has 10 N–H and O–H groups in total. The van der Waals surface area contributed by atoms with Gasteiger partial charge in [-0.05, 0) is 24.7 Å². The summed E-state index contributed by atoms with van der Waals surface area (Å²) in [7, 11) is 0. The summed E-state index contributed by atoms with van der Waals surface area (Å²) in [5.41, 5.74) is 15.9. The van der Waals surface area contributed by atoms with Crippen LogP contribution in [-0.2, 0) is 28.8 Å². The van der Waals surface area contributed by atoms with Gasteiger partial charge >= 0.3 is 5.97 Å². The Balaban J connectivity index is 5.64. The number of carbonyl (C=O) groups excluding carboxylic acids is 5. The van der Waals surface area contributed by atoms with Crippen LogP contribution in [0.4, 0.5) is 0 Å². The second-order valence-electron chi connectivity index (χ2n) is 8.74. The first-order valence-corrected chi connectivity index (χ1v) is 11.2. The van der Waals surface area contributed by atoms with Gasteiger partial charge in [0.15, 0.2) is 0 Å². The van der Waals surface area contributed by atoms with Crippen LogP contribution >= 0.6 is 0 Å². The lowest BCUT2D eigenvalue weighted by Gasteiger charge is -2.28. The molecule has 5 unspecified atom stereocenters. The number of hydrogen-bond acceptors (Lipinski definition) is 7. The molecule has 0 aliphatic carbocycles. The Labute approximate surface area is 198 Å². The molecule has 0 heterocycles. The summed E-state index contributed by atoms with van der Waals surface area (Å²) in [6.45, 7) is 7.04. The molecule has 0 aromatic heterocycles. The van der Waals surface area contributed by atoms with Crippen LogP contribution in [0, 0.1) is 11.8 Å². The third kappa shape index (κ3) is 11.6. The Morgan fingerprint density at radius 1 is 0.824 bits per heavy atom. The number of carboxylic acid groups (broad SMARTS) is 1. The minimum Gasteiger partial charge on any atom is -0.480 e. The number of carboxylic acids is 1. The van der Waals surface area contributed by atoms with E-state index < -0.39 is 72.0 Å². The summed E-state index contributed by atoms with van der Waals surface area (Å²) in [5, 5.41) is 16.7. The van der Waals surface area contributed by atoms with E-state index in [0.29, 0.717) is 6.42 Å². The van der Waals surface area contributed by atoms with Crippen molar-refractivity contribution in [3.8, 4) is 0 Å². The molecule has 0 aromatic rings. The number of hydrogen-bond donors (Lipinski definition) is 7. The van der Waals surface area contributed by atoms with Crippen molar-refractivity contribution in [1.29, 1.82) is 0 Å². The first kappa shape index (κ1) is 30.8. The van der Waals surface area contributed by atoms with Crippen molar-refractivity contribution in [1.82, 2.24) is 16.0 Å². The number of primary amides is 2. The van der Waals surface area contributed by atoms with Crippen molar-refractivity contribution in [2.75, 3.05) is 0 Å². The average Bonchev–Trinajstić information content (AvgIpc) is 2.72. The smallest absolute Gasteiger partial charge is 0.326 e. The topological polar surface area (TPSA) is 237 Å². The highest BCUT2D eigenvalue weighted by Gasteiger charge is 2.32. The van der Waals surface area contributed by atoms with E-state index in [2.05, 4.69) is 16.0 Å². The molecule has 13 heteroatoms. The Morgan fingerprint density at radius 2 is 1.38 bits per heavy atom. The monoisotopic (exact) mass is 486 g/mol. The van der Waals surface area contributed by atoms with E-state index in [1.165, 1.54) is 0 Å². The fraction of sp³-hybridized carbons (Fsp3) is 0.714. The quantitative estimate of drug-likeness (QED) is 0.129. The van der Waals surface area contributed by atoms with Gasteiger partial charge in [-0.3, -0.25) is 24.0 Å². The number of nitrogens with two attached hydrogens (primary N) is 3. The van der Waals surface area contributed by atoms with E-state index >= 15 is 0 Å². The van der Waals surface area contributed by atoms with Gasteiger partial charge in [0, 0.05) is 6.42 Å². The van der Waals surface area contributed by atoms with Crippen LogP contribution in [0.3, 0.4) is 0 Å². The SMILES string of the molecule is CCC(C)C(NC(=O)C(N)CC(N)=O)C(=O)NC(CCC(N)=O)C(=O)NC(CC(C)C)C(=O)O. The highest BCUT2D eigenvalue weighted by Crippen LogP contribution is 2.11. The van der Waals surface area contributed by atoms with E-state index in [1.807, 2.05) is 0 Å². The van der Waals surface area contributed by atoms with E-state index in [-0.39, 0.29) is 25.2 Å². The zero-order chi connectivity index (χ0) is 26.6. The molecule has 13 nitrogen and oxygen atoms in total. The molecular formula is C21H38N6O7. The maximum atomic E-state index is 13.0. The van der Waals surface area contributed by atoms with Crippen LogP contribution in [-0.4, -0.2) is 64.8 Å². The first-order chi connectivity index (χ1) is 15.7. The number of amides is 5. The average molecular weight is 487 g/mol. The molecule has 0 radical (unpaired) electrons. The lowest BCUT2D eigenvalue weighted by Crippen LogP contribution is -2.59. The fourth-order valence-corrected chi connectivity index (χ4v) is 3.05. The molecule has 0 saturated carbocycles. The highest BCUT2D eigenvalue weighted by molar-refractivity contribution is 5.95. The molecule has 0 fully saturated rings. The standard InChI is InChI=1S/C21H38N6O7/c1-5-11(4)17(27-18(30)12(22)9-16(24)29)20(32)25-13(6-7-15(23)28)19(31)26-14(21(33)34)8-10(2)3/h10-14,17H,5-9,22H2,1-4H3,(H2,23,28)(H2,24,29)(H,25,32)(H,26,31)(H,27,30)(H,33,34). The predicted octanol–water partition coefficient (Wildman–Crippen LogP) is -1.91. The molecule has 0 aliphatic rings. The van der Waals surface area contributed by atoms with E-state index in [9.17, 15) is 33.9 Å². The Morgan fingerprint density at radius 3 is 1.82 bits per heavy atom. The molecular weight excluding hydrogens is 448 g/mol. The molecule has 5 atom stereocenters. The molecule has 0 aromatic carbocycles. The zero-order valence-electron chi connectivity index (χ0n) is 20.1. The Bertz CT molecular complexity index is 758. The van der Waals surface area contributed by atoms with E-state index in [4.69, 9.17) is 17.2 Å². The van der Waals surface area contributed by atoms with Crippen LogP contribution in [0.15, 0.2) is 0 Å². The fourth-order valence-electron chi connectivity index (χ4n) is 3.05. The third-order valence-corrected chi connectivity index (χ3v) is 5.19. The summed E-state index contributed by atoms with van der Waals surface area (Å²) >= 11 is 0. The molecule has 0 rings (SSSR count). The van der Waals surface area contributed by atoms with Crippen molar-refractivity contribution in [2.45, 2.75) is 84.0 Å². The van der Waals surface area contributed by atoms with Crippen LogP contribution in [0.1, 0.15) is 59.8 Å². The van der Waals surface area contributed by atoms with Crippen LogP contribution < -0.4 is 33.2 Å². The Hall–Kier alpha value is -3.22. The molecule has 0 aliphatic heterocycles. The number of carbonyl (C=O) groups is 6. The normalized spacial score (nSPS) is 15.4. The van der Waals surface area contributed by atoms with Crippen molar-refractivity contribution in [3.63, 3.8) is 0 Å². The number of rotatable bonds is 16. The van der Waals surface area contributed by atoms with Gasteiger partial charge in [-0.1, -0.05) is 34.1 Å². The maximum Gasteiger partial charge on any atom is 0.326 e. The van der Waals surface area contributed by atoms with Gasteiger partial charge in [0.1, 0.15) is 18.1 Å². The van der Waals surface area contributed by atoms with Crippen molar-refractivity contribution in [2.24, 2.45) is 29.0 Å². The zero-order valence-corrected chi connectivity index (χ0v) is 20.1. The molecule has 0 bridgehead atoms. The van der Waals surface area contributed by atoms with Gasteiger partial charge in [0.2, 0.25) is 29.5 Å². The number of aliphatic carboxylic acids is 1. The summed E-state index contributed by atoms with van der Waals surface area (Å²) in [6.07, 6.45) is -0.220. The van der Waals surface area contributed by atoms with Crippen LogP contribution in [0.2, 0.25) is 0 Å². The molecule has 5 amide bonds. The van der Waals surface area contributed by atoms with Crippen LogP contribution in [0.5, 0.6) is 0 Å². The van der Waals surface area contributed by atoms with Crippen molar-refractivity contribution >= 4 is 35.5 Å². The second kappa shape index (κ2) is 14.8. The predicted molar refractivity (Wildman–Crippen MR) is 123 cm³/mol. The van der Waals surface area contributed by atoms with Crippen LogP contribution in [0.25, 0.3) is 0 Å². The van der Waals surface area contributed by atoms with Gasteiger partial charge in [-0.25, -0.2) is 4.79 Å². The highest BCUT2D eigenvalue weighted by atomic mass is 16.4. The molecule has 0 spiro atoms. The van der Waals surface area contributed by atoms with Gasteiger partial charge in [-0.2, -0.15) is 0 Å². The molecule has 34 heavy (non-hydrogen) atoms. The number of nitrogens with one attached hydrogen (secondary N) is 3. The van der Waals surface area contributed by atoms with Gasteiger partial charge in [0.25, 0.3) is 0 Å². The van der Waals surface area contributed by atoms with Gasteiger partial charge < -0.3 is 38.3 Å². The second-order valence-corrected chi connectivity index (χ2v) is 8.74. The minimum absolute atomic E-state index is 0.0327. The van der Waals surface area contributed by atoms with Crippen molar-refractivity contribution < 1.29 is 33.9 Å². The maximum absolute atomic E-state index is 13.0. The van der Waals surface area contributed by atoms with E-state index in [1.54, 1.807) is 27.7 Å². The summed E-state index contributed by atoms with van der Waals surface area (Å²) < 4.78 is 0. The largest absolute Gasteiger partial charge is 0.480 e.